The molecule has 0 saturated heterocycles. The molecule has 2 N–H and O–H groups in total. The minimum atomic E-state index is -4.95. The van der Waals surface area contributed by atoms with Gasteiger partial charge in [0.05, 0.1) is 34.7 Å². The van der Waals surface area contributed by atoms with Gasteiger partial charge in [-0.05, 0) is 37.5 Å². The lowest BCUT2D eigenvalue weighted by molar-refractivity contribution is -0.165. The number of halogens is 7. The monoisotopic (exact) mass is 556 g/mol. The van der Waals surface area contributed by atoms with E-state index >= 15 is 0 Å². The number of aromatic nitrogens is 3. The Morgan fingerprint density at radius 2 is 1.79 bits per heavy atom. The van der Waals surface area contributed by atoms with Gasteiger partial charge in [-0.1, -0.05) is 0 Å². The zero-order chi connectivity index (χ0) is 28.0. The molecule has 39 heavy (non-hydrogen) atoms. The second kappa shape index (κ2) is 8.16. The molecule has 14 heteroatoms. The van der Waals surface area contributed by atoms with Crippen molar-refractivity contribution in [2.45, 2.75) is 61.3 Å². The molecule has 1 amide bonds. The molecule has 0 radical (unpaired) electrons. The first-order chi connectivity index (χ1) is 18.2. The number of benzene rings is 1. The van der Waals surface area contributed by atoms with Crippen LogP contribution in [0.15, 0.2) is 42.9 Å². The Balaban J connectivity index is 1.09. The smallest absolute Gasteiger partial charge is 0.419 e. The van der Waals surface area contributed by atoms with Gasteiger partial charge < -0.3 is 15.2 Å². The van der Waals surface area contributed by atoms with Gasteiger partial charge in [0, 0.05) is 41.5 Å². The summed E-state index contributed by atoms with van der Waals surface area (Å²) in [4.78, 5) is 16.8. The van der Waals surface area contributed by atoms with E-state index in [0.717, 1.165) is 12.3 Å². The van der Waals surface area contributed by atoms with E-state index in [1.54, 1.807) is 10.9 Å². The summed E-state index contributed by atoms with van der Waals surface area (Å²) in [7, 11) is 0. The first-order valence-electron chi connectivity index (χ1n) is 11.8. The molecule has 7 nitrogen and oxygen atoms in total. The van der Waals surface area contributed by atoms with Crippen LogP contribution in [-0.2, 0) is 22.7 Å². The summed E-state index contributed by atoms with van der Waals surface area (Å²) in [6.45, 7) is 0. The predicted molar refractivity (Wildman–Crippen MR) is 119 cm³/mol. The van der Waals surface area contributed by atoms with Crippen molar-refractivity contribution in [3.63, 3.8) is 0 Å². The van der Waals surface area contributed by atoms with Crippen molar-refractivity contribution in [2.24, 2.45) is 0 Å². The average Bonchev–Trinajstić information content (AvgIpc) is 3.28. The van der Waals surface area contributed by atoms with Crippen LogP contribution in [0.5, 0.6) is 5.75 Å². The summed E-state index contributed by atoms with van der Waals surface area (Å²) in [5.41, 5.74) is -2.70. The summed E-state index contributed by atoms with van der Waals surface area (Å²) in [6, 6.07) is 3.22. The number of alkyl halides is 6. The van der Waals surface area contributed by atoms with Gasteiger partial charge in [0.15, 0.2) is 6.10 Å². The predicted octanol–water partition coefficient (Wildman–Crippen LogP) is 4.75. The van der Waals surface area contributed by atoms with Crippen LogP contribution in [0, 0.1) is 5.82 Å². The molecule has 3 aliphatic carbocycles. The van der Waals surface area contributed by atoms with Gasteiger partial charge in [-0.25, -0.2) is 4.39 Å². The van der Waals surface area contributed by atoms with E-state index in [9.17, 15) is 40.6 Å². The summed E-state index contributed by atoms with van der Waals surface area (Å²) < 4.78 is 98.5. The molecule has 3 aromatic rings. The van der Waals surface area contributed by atoms with Crippen LogP contribution in [0.25, 0.3) is 11.3 Å². The van der Waals surface area contributed by atoms with Crippen LogP contribution in [0.4, 0.5) is 30.7 Å². The number of ether oxygens (including phenoxy) is 1. The van der Waals surface area contributed by atoms with Gasteiger partial charge in [-0.2, -0.15) is 31.4 Å². The highest BCUT2D eigenvalue weighted by Gasteiger charge is 2.70. The highest BCUT2D eigenvalue weighted by atomic mass is 19.4. The fourth-order valence-electron chi connectivity index (χ4n) is 5.74. The van der Waals surface area contributed by atoms with Crippen LogP contribution >= 0.6 is 0 Å². The summed E-state index contributed by atoms with van der Waals surface area (Å²) >= 11 is 0. The number of aliphatic hydroxyl groups excluding tert-OH is 1. The number of aliphatic hydroxyl groups is 1. The molecule has 1 aliphatic heterocycles. The van der Waals surface area contributed by atoms with Crippen molar-refractivity contribution >= 4 is 5.91 Å². The quantitative estimate of drug-likeness (QED) is 0.453. The average molecular weight is 556 g/mol. The van der Waals surface area contributed by atoms with E-state index < -0.39 is 53.0 Å². The van der Waals surface area contributed by atoms with Crippen LogP contribution < -0.4 is 10.1 Å². The van der Waals surface area contributed by atoms with Crippen molar-refractivity contribution in [3.8, 4) is 17.0 Å². The van der Waals surface area contributed by atoms with Crippen molar-refractivity contribution in [1.82, 2.24) is 20.1 Å². The topological polar surface area (TPSA) is 89.3 Å². The Kier molecular flexibility index (Phi) is 5.36. The first-order valence-corrected chi connectivity index (χ1v) is 11.8. The third-order valence-electron chi connectivity index (χ3n) is 7.61. The van der Waals surface area contributed by atoms with Crippen molar-refractivity contribution in [1.29, 1.82) is 0 Å². The SMILES string of the molecule is O=C(NC12CC(n3cc(-c4ccc(C(F)(F)F)cn4)cn3)(C1)C2)[C@H]1C[C@@H](O)c2cc(C(F)(F)F)c(F)cc2O1. The Labute approximate surface area is 215 Å². The number of nitrogens with one attached hydrogen (secondary N) is 1. The fourth-order valence-corrected chi connectivity index (χ4v) is 5.74. The molecule has 3 heterocycles. The van der Waals surface area contributed by atoms with Gasteiger partial charge in [-0.15, -0.1) is 0 Å². The Morgan fingerprint density at radius 1 is 1.08 bits per heavy atom. The molecule has 0 spiro atoms. The number of rotatable bonds is 4. The van der Waals surface area contributed by atoms with Crippen LogP contribution in [-0.4, -0.2) is 37.4 Å². The molecule has 2 atom stereocenters. The van der Waals surface area contributed by atoms with Crippen molar-refractivity contribution < 1.29 is 45.4 Å². The maximum Gasteiger partial charge on any atom is 0.419 e. The van der Waals surface area contributed by atoms with Gasteiger partial charge in [0.2, 0.25) is 0 Å². The molecule has 3 fully saturated rings. The van der Waals surface area contributed by atoms with Crippen LogP contribution in [0.2, 0.25) is 0 Å². The largest absolute Gasteiger partial charge is 0.480 e. The zero-order valence-electron chi connectivity index (χ0n) is 19.8. The maximum absolute atomic E-state index is 14.0. The standard InChI is InChI=1S/C25H19F7N4O3/c26-16-4-19-14(3-15(16)25(30,31)32)18(37)5-20(39-19)21(38)35-22-9-23(10-22,11-22)36-8-12(6-34-36)17-2-1-13(7-33-17)24(27,28)29/h1-4,6-8,18,20,37H,5,9-11H2,(H,35,38)/t18-,20-,22?,23?/m1/s1. The summed E-state index contributed by atoms with van der Waals surface area (Å²) in [5.74, 6) is -2.47. The molecule has 0 unspecified atom stereocenters. The number of carbonyl (C=O) groups excluding carboxylic acids is 1. The third-order valence-corrected chi connectivity index (χ3v) is 7.61. The number of nitrogens with zero attached hydrogens (tertiary/aromatic N) is 3. The molecular formula is C25H19F7N4O3. The van der Waals surface area contributed by atoms with E-state index in [0.29, 0.717) is 42.7 Å². The second-order valence-electron chi connectivity index (χ2n) is 10.4. The number of hydrogen-bond acceptors (Lipinski definition) is 5. The normalized spacial score (nSPS) is 27.6. The van der Waals surface area contributed by atoms with E-state index in [-0.39, 0.29) is 23.3 Å². The molecule has 4 aliphatic rings. The van der Waals surface area contributed by atoms with E-state index in [1.807, 2.05) is 0 Å². The summed E-state index contributed by atoms with van der Waals surface area (Å²) in [5, 5.41) is 17.6. The minimum absolute atomic E-state index is 0.241. The molecule has 3 saturated carbocycles. The summed E-state index contributed by atoms with van der Waals surface area (Å²) in [6.07, 6.45) is -6.93. The number of amides is 1. The number of fused-ring (bicyclic) bond motifs is 1. The minimum Gasteiger partial charge on any atom is -0.480 e. The van der Waals surface area contributed by atoms with Crippen molar-refractivity contribution in [2.75, 3.05) is 0 Å². The zero-order valence-corrected chi connectivity index (χ0v) is 19.8. The number of carbonyl (C=O) groups is 1. The lowest BCUT2D eigenvalue weighted by Crippen LogP contribution is -2.79. The molecular weight excluding hydrogens is 537 g/mol. The lowest BCUT2D eigenvalue weighted by Gasteiger charge is -2.70. The molecule has 1 aromatic carbocycles. The second-order valence-corrected chi connectivity index (χ2v) is 10.4. The number of hydrogen-bond donors (Lipinski definition) is 2. The van der Waals surface area contributed by atoms with Gasteiger partial charge in [0.25, 0.3) is 5.91 Å². The molecule has 2 bridgehead atoms. The Hall–Kier alpha value is -3.68. The van der Waals surface area contributed by atoms with Crippen LogP contribution in [0.1, 0.15) is 48.5 Å². The Morgan fingerprint density at radius 3 is 2.41 bits per heavy atom. The fraction of sp³-hybridized carbons (Fsp3) is 0.400. The maximum atomic E-state index is 14.0. The highest BCUT2D eigenvalue weighted by Crippen LogP contribution is 2.65. The van der Waals surface area contributed by atoms with Gasteiger partial charge >= 0.3 is 12.4 Å². The first kappa shape index (κ1) is 25.6. The molecule has 2 aromatic heterocycles. The van der Waals surface area contributed by atoms with E-state index in [2.05, 4.69) is 15.4 Å². The Bertz CT molecular complexity index is 1450. The molecule has 7 rings (SSSR count). The van der Waals surface area contributed by atoms with E-state index in [1.165, 1.54) is 12.3 Å². The van der Waals surface area contributed by atoms with Gasteiger partial charge in [0.1, 0.15) is 11.6 Å². The van der Waals surface area contributed by atoms with Crippen LogP contribution in [0.3, 0.4) is 0 Å². The third kappa shape index (κ3) is 4.21. The number of pyridine rings is 1. The van der Waals surface area contributed by atoms with E-state index in [4.69, 9.17) is 4.74 Å². The van der Waals surface area contributed by atoms with Crippen molar-refractivity contribution in [3.05, 3.63) is 65.4 Å². The van der Waals surface area contributed by atoms with Gasteiger partial charge in [-0.3, -0.25) is 14.5 Å². The lowest BCUT2D eigenvalue weighted by atomic mass is 9.44. The molecule has 206 valence electrons. The highest BCUT2D eigenvalue weighted by molar-refractivity contribution is 5.83.